The first-order valence-electron chi connectivity index (χ1n) is 6.48. The van der Waals surface area contributed by atoms with E-state index in [9.17, 15) is 10.2 Å². The lowest BCUT2D eigenvalue weighted by Crippen LogP contribution is -2.33. The van der Waals surface area contributed by atoms with Crippen LogP contribution in [0, 0.1) is 0 Å². The van der Waals surface area contributed by atoms with Crippen LogP contribution in [0.5, 0.6) is 5.75 Å². The number of hydrogen-bond acceptors (Lipinski definition) is 3. The molecule has 0 unspecified atom stereocenters. The Balaban J connectivity index is 1.80. The molecule has 1 heterocycles. The van der Waals surface area contributed by atoms with Gasteiger partial charge in [0.1, 0.15) is 5.75 Å². The third kappa shape index (κ3) is 2.62. The maximum Gasteiger partial charge on any atom is 0.115 e. The largest absolute Gasteiger partial charge is 0.508 e. The van der Waals surface area contributed by atoms with Crippen LogP contribution in [-0.2, 0) is 13.1 Å². The third-order valence-corrected chi connectivity index (χ3v) is 3.56. The Labute approximate surface area is 112 Å². The zero-order valence-corrected chi connectivity index (χ0v) is 10.7. The number of fused-ring (bicyclic) bond motifs is 1. The second kappa shape index (κ2) is 5.03. The van der Waals surface area contributed by atoms with Crippen molar-refractivity contribution in [2.45, 2.75) is 19.2 Å². The van der Waals surface area contributed by atoms with E-state index in [1.54, 1.807) is 12.1 Å². The van der Waals surface area contributed by atoms with Crippen LogP contribution in [-0.4, -0.2) is 21.7 Å². The van der Waals surface area contributed by atoms with Gasteiger partial charge in [-0.25, -0.2) is 0 Å². The Kier molecular flexibility index (Phi) is 3.23. The maximum absolute atomic E-state index is 10.2. The van der Waals surface area contributed by atoms with Crippen molar-refractivity contribution < 1.29 is 10.2 Å². The first-order valence-corrected chi connectivity index (χ1v) is 6.48. The smallest absolute Gasteiger partial charge is 0.115 e. The van der Waals surface area contributed by atoms with Gasteiger partial charge in [0.05, 0.1) is 6.10 Å². The summed E-state index contributed by atoms with van der Waals surface area (Å²) in [5.74, 6) is 0.217. The van der Waals surface area contributed by atoms with Gasteiger partial charge in [0.25, 0.3) is 0 Å². The number of phenolic OH excluding ortho intramolecular Hbond substituents is 1. The third-order valence-electron chi connectivity index (χ3n) is 3.56. The molecule has 0 bridgehead atoms. The molecular weight excluding hydrogens is 238 g/mol. The van der Waals surface area contributed by atoms with Gasteiger partial charge in [-0.2, -0.15) is 0 Å². The van der Waals surface area contributed by atoms with Gasteiger partial charge in [-0.1, -0.05) is 36.4 Å². The van der Waals surface area contributed by atoms with Gasteiger partial charge in [0.2, 0.25) is 0 Å². The Hall–Kier alpha value is -1.84. The average Bonchev–Trinajstić information content (AvgIpc) is 2.41. The summed E-state index contributed by atoms with van der Waals surface area (Å²) in [6.45, 7) is 2.24. The fourth-order valence-corrected chi connectivity index (χ4v) is 2.65. The predicted octanol–water partition coefficient (Wildman–Crippen LogP) is 2.44. The lowest BCUT2D eigenvalue weighted by Gasteiger charge is -2.32. The number of aromatic hydroxyl groups is 1. The fraction of sp³-hybridized carbons (Fsp3) is 0.250. The Bertz CT molecular complexity index is 568. The van der Waals surface area contributed by atoms with Crippen molar-refractivity contribution in [1.29, 1.82) is 0 Å². The molecular formula is C16H17NO2. The number of hydrogen-bond donors (Lipinski definition) is 2. The van der Waals surface area contributed by atoms with Gasteiger partial charge < -0.3 is 10.2 Å². The second-order valence-electron chi connectivity index (χ2n) is 5.05. The molecule has 2 N–H and O–H groups in total. The summed E-state index contributed by atoms with van der Waals surface area (Å²) in [6.07, 6.45) is -0.528. The van der Waals surface area contributed by atoms with Gasteiger partial charge in [-0.05, 0) is 28.8 Å². The van der Waals surface area contributed by atoms with Gasteiger partial charge in [-0.3, -0.25) is 4.90 Å². The Morgan fingerprint density at radius 2 is 1.89 bits per heavy atom. The minimum Gasteiger partial charge on any atom is -0.508 e. The molecule has 98 valence electrons. The van der Waals surface area contributed by atoms with Crippen LogP contribution in [0.25, 0.3) is 0 Å². The van der Waals surface area contributed by atoms with Gasteiger partial charge in [0.15, 0.2) is 0 Å². The van der Waals surface area contributed by atoms with E-state index in [1.165, 1.54) is 5.56 Å². The van der Waals surface area contributed by atoms with Crippen LogP contribution >= 0.6 is 0 Å². The van der Waals surface area contributed by atoms with Crippen molar-refractivity contribution in [3.8, 4) is 5.75 Å². The molecule has 1 aliphatic rings. The highest BCUT2D eigenvalue weighted by molar-refractivity contribution is 5.38. The number of benzene rings is 2. The number of β-amino-alcohol motifs (C(OH)–C–C–N with tert-alkyl or cyclic N) is 1. The monoisotopic (exact) mass is 255 g/mol. The van der Waals surface area contributed by atoms with Gasteiger partial charge in [-0.15, -0.1) is 0 Å². The SMILES string of the molecule is Oc1ccc2c(c1)[C@@H](O)CN(Cc1ccccc1)C2. The molecule has 19 heavy (non-hydrogen) atoms. The van der Waals surface area contributed by atoms with Crippen molar-refractivity contribution in [2.75, 3.05) is 6.54 Å². The van der Waals surface area contributed by atoms with E-state index in [0.717, 1.165) is 24.2 Å². The maximum atomic E-state index is 10.2. The minimum atomic E-state index is -0.528. The molecule has 3 nitrogen and oxygen atoms in total. The van der Waals surface area contributed by atoms with E-state index in [1.807, 2.05) is 24.3 Å². The standard InChI is InChI=1S/C16H17NO2/c18-14-7-6-13-10-17(11-16(19)15(13)8-14)9-12-4-2-1-3-5-12/h1-8,16,18-19H,9-11H2/t16-/m0/s1. The summed E-state index contributed by atoms with van der Waals surface area (Å²) < 4.78 is 0. The molecule has 0 saturated carbocycles. The Morgan fingerprint density at radius 1 is 1.11 bits per heavy atom. The highest BCUT2D eigenvalue weighted by Crippen LogP contribution is 2.30. The first-order chi connectivity index (χ1) is 9.22. The van der Waals surface area contributed by atoms with Crippen LogP contribution in [0.1, 0.15) is 22.8 Å². The van der Waals surface area contributed by atoms with Crippen molar-refractivity contribution in [3.63, 3.8) is 0 Å². The fourth-order valence-electron chi connectivity index (χ4n) is 2.65. The molecule has 0 aromatic heterocycles. The molecule has 0 saturated heterocycles. The van der Waals surface area contributed by atoms with E-state index >= 15 is 0 Å². The van der Waals surface area contributed by atoms with Crippen LogP contribution in [0.4, 0.5) is 0 Å². The molecule has 0 aliphatic carbocycles. The quantitative estimate of drug-likeness (QED) is 0.866. The molecule has 0 fully saturated rings. The molecule has 2 aromatic carbocycles. The summed E-state index contributed by atoms with van der Waals surface area (Å²) in [5, 5.41) is 19.7. The van der Waals surface area contributed by atoms with E-state index in [0.29, 0.717) is 6.54 Å². The summed E-state index contributed by atoms with van der Waals surface area (Å²) >= 11 is 0. The minimum absolute atomic E-state index is 0.217. The van der Waals surface area contributed by atoms with Crippen LogP contribution < -0.4 is 0 Å². The van der Waals surface area contributed by atoms with E-state index in [2.05, 4.69) is 17.0 Å². The van der Waals surface area contributed by atoms with Crippen molar-refractivity contribution in [2.24, 2.45) is 0 Å². The number of rotatable bonds is 2. The molecule has 1 atom stereocenters. The van der Waals surface area contributed by atoms with Crippen LogP contribution in [0.2, 0.25) is 0 Å². The molecule has 3 rings (SSSR count). The van der Waals surface area contributed by atoms with Crippen molar-refractivity contribution in [1.82, 2.24) is 4.90 Å². The molecule has 3 heteroatoms. The lowest BCUT2D eigenvalue weighted by atomic mass is 9.96. The lowest BCUT2D eigenvalue weighted by molar-refractivity contribution is 0.0879. The number of phenols is 1. The number of aliphatic hydroxyl groups excluding tert-OH is 1. The zero-order valence-electron chi connectivity index (χ0n) is 10.7. The number of aliphatic hydroxyl groups is 1. The van der Waals surface area contributed by atoms with Crippen molar-refractivity contribution in [3.05, 3.63) is 65.2 Å². The molecule has 0 radical (unpaired) electrons. The normalized spacial score (nSPS) is 19.1. The second-order valence-corrected chi connectivity index (χ2v) is 5.05. The zero-order chi connectivity index (χ0) is 13.2. The van der Waals surface area contributed by atoms with Crippen LogP contribution in [0.15, 0.2) is 48.5 Å². The average molecular weight is 255 g/mol. The topological polar surface area (TPSA) is 43.7 Å². The van der Waals surface area contributed by atoms with E-state index in [4.69, 9.17) is 0 Å². The molecule has 0 spiro atoms. The summed E-state index contributed by atoms with van der Waals surface area (Å²) in [7, 11) is 0. The van der Waals surface area contributed by atoms with Gasteiger partial charge in [0, 0.05) is 19.6 Å². The first kappa shape index (κ1) is 12.2. The number of nitrogens with zero attached hydrogens (tertiary/aromatic N) is 1. The summed E-state index contributed by atoms with van der Waals surface area (Å²) in [5.41, 5.74) is 3.19. The molecule has 2 aromatic rings. The van der Waals surface area contributed by atoms with Gasteiger partial charge >= 0.3 is 0 Å². The Morgan fingerprint density at radius 3 is 2.68 bits per heavy atom. The predicted molar refractivity (Wildman–Crippen MR) is 73.6 cm³/mol. The summed E-state index contributed by atoms with van der Waals surface area (Å²) in [6, 6.07) is 15.5. The van der Waals surface area contributed by atoms with Crippen LogP contribution in [0.3, 0.4) is 0 Å². The summed E-state index contributed by atoms with van der Waals surface area (Å²) in [4.78, 5) is 2.22. The highest BCUT2D eigenvalue weighted by atomic mass is 16.3. The molecule has 0 amide bonds. The van der Waals surface area contributed by atoms with E-state index in [-0.39, 0.29) is 5.75 Å². The van der Waals surface area contributed by atoms with E-state index < -0.39 is 6.10 Å². The highest BCUT2D eigenvalue weighted by Gasteiger charge is 2.23. The molecule has 1 aliphatic heterocycles. The van der Waals surface area contributed by atoms with Crippen molar-refractivity contribution >= 4 is 0 Å².